The zero-order valence-electron chi connectivity index (χ0n) is 15.9. The van der Waals surface area contributed by atoms with E-state index in [1.807, 2.05) is 0 Å². The molecule has 1 unspecified atom stereocenters. The van der Waals surface area contributed by atoms with Crippen LogP contribution in [0.2, 0.25) is 5.02 Å². The van der Waals surface area contributed by atoms with Gasteiger partial charge in [0.1, 0.15) is 16.0 Å². The first-order chi connectivity index (χ1) is 13.3. The Kier molecular flexibility index (Phi) is 8.75. The van der Waals surface area contributed by atoms with E-state index in [1.54, 1.807) is 49.6 Å². The van der Waals surface area contributed by atoms with Crippen molar-refractivity contribution in [2.75, 3.05) is 13.2 Å². The van der Waals surface area contributed by atoms with Crippen molar-refractivity contribution < 1.29 is 17.9 Å². The number of nitrogens with one attached hydrogen (secondary N) is 2. The first-order valence-electron chi connectivity index (χ1n) is 9.01. The van der Waals surface area contributed by atoms with Crippen molar-refractivity contribution in [2.24, 2.45) is 5.92 Å². The Hall–Kier alpha value is -1.61. The van der Waals surface area contributed by atoms with Gasteiger partial charge in [0, 0.05) is 11.6 Å². The van der Waals surface area contributed by atoms with Crippen molar-refractivity contribution in [3.05, 3.63) is 46.8 Å². The minimum atomic E-state index is -3.70. The highest BCUT2D eigenvalue weighted by atomic mass is 35.5. The van der Waals surface area contributed by atoms with Crippen LogP contribution < -0.4 is 14.8 Å². The smallest absolute Gasteiger partial charge is 0.250 e. The molecule has 2 N–H and O–H groups in total. The normalized spacial score (nSPS) is 12.7. The molecule has 0 aliphatic carbocycles. The van der Waals surface area contributed by atoms with Gasteiger partial charge in [-0.1, -0.05) is 31.5 Å². The molecule has 0 saturated carbocycles. The van der Waals surface area contributed by atoms with Gasteiger partial charge in [-0.3, -0.25) is 4.79 Å². The molecule has 0 aliphatic rings. The van der Waals surface area contributed by atoms with Crippen LogP contribution in [-0.2, 0) is 14.8 Å². The Morgan fingerprint density at radius 2 is 1.89 bits per heavy atom. The molecule has 1 aromatic carbocycles. The number of hydrogen-bond donors (Lipinski definition) is 2. The highest BCUT2D eigenvalue weighted by molar-refractivity contribution is 7.91. The van der Waals surface area contributed by atoms with Gasteiger partial charge in [0.05, 0.1) is 6.61 Å². The van der Waals surface area contributed by atoms with Gasteiger partial charge in [-0.25, -0.2) is 8.42 Å². The first-order valence-corrected chi connectivity index (χ1v) is 11.8. The lowest BCUT2D eigenvalue weighted by Crippen LogP contribution is -2.49. The van der Waals surface area contributed by atoms with Crippen molar-refractivity contribution in [1.82, 2.24) is 10.0 Å². The predicted octanol–water partition coefficient (Wildman–Crippen LogP) is 3.68. The summed E-state index contributed by atoms with van der Waals surface area (Å²) in [7, 11) is -3.70. The molecule has 0 bridgehead atoms. The van der Waals surface area contributed by atoms with Crippen LogP contribution >= 0.6 is 22.9 Å². The highest BCUT2D eigenvalue weighted by Gasteiger charge is 2.28. The molecule has 0 fully saturated rings. The van der Waals surface area contributed by atoms with E-state index in [0.29, 0.717) is 18.2 Å². The third-order valence-corrected chi connectivity index (χ3v) is 7.03. The molecule has 28 heavy (non-hydrogen) atoms. The van der Waals surface area contributed by atoms with Gasteiger partial charge in [0.2, 0.25) is 5.91 Å². The number of benzene rings is 1. The maximum absolute atomic E-state index is 12.4. The van der Waals surface area contributed by atoms with Crippen LogP contribution in [0.5, 0.6) is 5.75 Å². The van der Waals surface area contributed by atoms with Crippen LogP contribution in [0.25, 0.3) is 0 Å². The summed E-state index contributed by atoms with van der Waals surface area (Å²) in [6.07, 6.45) is 1.48. The predicted molar refractivity (Wildman–Crippen MR) is 112 cm³/mol. The first kappa shape index (κ1) is 22.7. The fraction of sp³-hybridized carbons (Fsp3) is 0.421. The number of halogens is 1. The summed E-state index contributed by atoms with van der Waals surface area (Å²) in [5, 5.41) is 5.15. The second kappa shape index (κ2) is 10.8. The minimum absolute atomic E-state index is 0.178. The molecular formula is C19H25ClN2O4S2. The maximum atomic E-state index is 12.4. The van der Waals surface area contributed by atoms with Crippen LogP contribution in [0, 0.1) is 5.92 Å². The number of hydrogen-bond acceptors (Lipinski definition) is 5. The van der Waals surface area contributed by atoms with Crippen molar-refractivity contribution in [3.8, 4) is 5.75 Å². The number of thiophene rings is 1. The Bertz CT molecular complexity index is 837. The lowest BCUT2D eigenvalue weighted by atomic mass is 10.1. The summed E-state index contributed by atoms with van der Waals surface area (Å²) < 4.78 is 33.1. The van der Waals surface area contributed by atoms with Crippen molar-refractivity contribution in [3.63, 3.8) is 0 Å². The maximum Gasteiger partial charge on any atom is 0.250 e. The van der Waals surface area contributed by atoms with E-state index in [4.69, 9.17) is 16.3 Å². The molecule has 0 saturated heterocycles. The van der Waals surface area contributed by atoms with E-state index in [9.17, 15) is 13.2 Å². The van der Waals surface area contributed by atoms with E-state index in [-0.39, 0.29) is 16.0 Å². The zero-order chi connectivity index (χ0) is 20.6. The van der Waals surface area contributed by atoms with Gasteiger partial charge < -0.3 is 10.1 Å². The van der Waals surface area contributed by atoms with Crippen molar-refractivity contribution in [2.45, 2.75) is 36.9 Å². The third kappa shape index (κ3) is 7.09. The number of rotatable bonds is 11. The van der Waals surface area contributed by atoms with Gasteiger partial charge >= 0.3 is 0 Å². The summed E-state index contributed by atoms with van der Waals surface area (Å²) in [5.41, 5.74) is 0. The summed E-state index contributed by atoms with van der Waals surface area (Å²) in [6, 6.07) is 9.49. The number of sulfonamides is 1. The fourth-order valence-corrected chi connectivity index (χ4v) is 4.88. The second-order valence-electron chi connectivity index (χ2n) is 6.58. The van der Waals surface area contributed by atoms with Crippen molar-refractivity contribution >= 4 is 38.9 Å². The molecule has 1 atom stereocenters. The molecule has 1 heterocycles. The number of unbranched alkanes of at least 4 members (excludes halogenated alkanes) is 1. The van der Waals surface area contributed by atoms with Crippen LogP contribution in [0.4, 0.5) is 0 Å². The number of ether oxygens (including phenoxy) is 1. The van der Waals surface area contributed by atoms with Crippen molar-refractivity contribution in [1.29, 1.82) is 0 Å². The van der Waals surface area contributed by atoms with Crippen LogP contribution in [0.3, 0.4) is 0 Å². The number of amides is 1. The average molecular weight is 445 g/mol. The lowest BCUT2D eigenvalue weighted by molar-refractivity contribution is -0.123. The summed E-state index contributed by atoms with van der Waals surface area (Å²) >= 11 is 6.94. The Balaban J connectivity index is 1.74. The Morgan fingerprint density at radius 1 is 1.18 bits per heavy atom. The van der Waals surface area contributed by atoms with Crippen LogP contribution in [0.1, 0.15) is 26.7 Å². The monoisotopic (exact) mass is 444 g/mol. The molecular weight excluding hydrogens is 420 g/mol. The third-order valence-electron chi connectivity index (χ3n) is 3.94. The zero-order valence-corrected chi connectivity index (χ0v) is 18.2. The standard InChI is InChI=1S/C19H25ClN2O4S2/c1-14(2)18(22-28(24,25)17-6-5-13-27-17)19(23)21-11-3-4-12-26-16-9-7-15(20)8-10-16/h5-10,13-14,18,22H,3-4,11-12H2,1-2H3,(H,21,23). The SMILES string of the molecule is CC(C)C(NS(=O)(=O)c1cccs1)C(=O)NCCCCOc1ccc(Cl)cc1. The quantitative estimate of drug-likeness (QED) is 0.518. The van der Waals surface area contributed by atoms with E-state index in [2.05, 4.69) is 10.0 Å². The van der Waals surface area contributed by atoms with Gasteiger partial charge in [-0.2, -0.15) is 4.72 Å². The average Bonchev–Trinajstić information content (AvgIpc) is 3.19. The van der Waals surface area contributed by atoms with Gasteiger partial charge in [0.15, 0.2) is 0 Å². The fourth-order valence-electron chi connectivity index (χ4n) is 2.40. The van der Waals surface area contributed by atoms with Gasteiger partial charge in [-0.15, -0.1) is 11.3 Å². The van der Waals surface area contributed by atoms with Gasteiger partial charge in [0.25, 0.3) is 10.0 Å². The lowest BCUT2D eigenvalue weighted by Gasteiger charge is -2.21. The summed E-state index contributed by atoms with van der Waals surface area (Å²) in [6.45, 7) is 4.59. The molecule has 2 aromatic rings. The molecule has 9 heteroatoms. The van der Waals surface area contributed by atoms with Gasteiger partial charge in [-0.05, 0) is 54.5 Å². The number of carbonyl (C=O) groups excluding carboxylic acids is 1. The molecule has 1 amide bonds. The molecule has 0 spiro atoms. The largest absolute Gasteiger partial charge is 0.494 e. The molecule has 0 aliphatic heterocycles. The molecule has 154 valence electrons. The second-order valence-corrected chi connectivity index (χ2v) is 9.90. The minimum Gasteiger partial charge on any atom is -0.494 e. The highest BCUT2D eigenvalue weighted by Crippen LogP contribution is 2.17. The molecule has 2 rings (SSSR count). The summed E-state index contributed by atoms with van der Waals surface area (Å²) in [4.78, 5) is 12.4. The molecule has 1 aromatic heterocycles. The Labute approximate surface area is 175 Å². The molecule has 0 radical (unpaired) electrons. The van der Waals surface area contributed by atoms with E-state index in [0.717, 1.165) is 29.9 Å². The topological polar surface area (TPSA) is 84.5 Å². The summed E-state index contributed by atoms with van der Waals surface area (Å²) in [5.74, 6) is 0.244. The van der Waals surface area contributed by atoms with E-state index in [1.165, 1.54) is 6.07 Å². The van der Waals surface area contributed by atoms with Crippen LogP contribution in [-0.4, -0.2) is 33.5 Å². The number of carbonyl (C=O) groups is 1. The van der Waals surface area contributed by atoms with E-state index >= 15 is 0 Å². The Morgan fingerprint density at radius 3 is 2.50 bits per heavy atom. The van der Waals surface area contributed by atoms with E-state index < -0.39 is 16.1 Å². The van der Waals surface area contributed by atoms with Crippen LogP contribution in [0.15, 0.2) is 46.0 Å². The molecule has 6 nitrogen and oxygen atoms in total.